The molecule has 1 unspecified atom stereocenters. The van der Waals surface area contributed by atoms with Crippen molar-refractivity contribution in [3.8, 4) is 0 Å². The van der Waals surface area contributed by atoms with E-state index < -0.39 is 0 Å². The molecule has 1 aliphatic rings. The van der Waals surface area contributed by atoms with Crippen LogP contribution in [0.3, 0.4) is 0 Å². The van der Waals surface area contributed by atoms with E-state index in [-0.39, 0.29) is 0 Å². The van der Waals surface area contributed by atoms with Crippen molar-refractivity contribution in [3.05, 3.63) is 16.1 Å². The monoisotopic (exact) mass is 291 g/mol. The summed E-state index contributed by atoms with van der Waals surface area (Å²) in [6.45, 7) is 4.12. The van der Waals surface area contributed by atoms with Gasteiger partial charge in [0.1, 0.15) is 11.6 Å². The van der Waals surface area contributed by atoms with Crippen LogP contribution in [0.1, 0.15) is 13.3 Å². The number of nitrogens with two attached hydrogens (primary N) is 1. The molecule has 2 rings (SSSR count). The molecule has 0 aliphatic carbocycles. The largest absolute Gasteiger partial charge is 0.382 e. The first-order valence-electron chi connectivity index (χ1n) is 5.60. The summed E-state index contributed by atoms with van der Waals surface area (Å²) >= 11 is 14.1. The van der Waals surface area contributed by atoms with Gasteiger partial charge in [-0.2, -0.15) is 11.8 Å². The van der Waals surface area contributed by atoms with Gasteiger partial charge in [0.2, 0.25) is 0 Å². The lowest BCUT2D eigenvalue weighted by atomic mass is 10.3. The summed E-state index contributed by atoms with van der Waals surface area (Å²) in [6.07, 6.45) is 1.15. The first kappa shape index (κ1) is 13.1. The van der Waals surface area contributed by atoms with Crippen molar-refractivity contribution in [2.24, 2.45) is 0 Å². The van der Waals surface area contributed by atoms with Gasteiger partial charge in [-0.05, 0) is 12.5 Å². The Bertz CT molecular complexity index is 414. The second kappa shape index (κ2) is 5.55. The van der Waals surface area contributed by atoms with Crippen molar-refractivity contribution < 1.29 is 0 Å². The molecule has 6 heteroatoms. The maximum atomic E-state index is 6.17. The Labute approximate surface area is 116 Å². The third-order valence-electron chi connectivity index (χ3n) is 2.83. The SMILES string of the molecule is CCC1CN(c2nc(N)c(Cl)cc2Cl)CCS1. The lowest BCUT2D eigenvalue weighted by molar-refractivity contribution is 0.720. The average Bonchev–Trinajstić information content (AvgIpc) is 2.34. The quantitative estimate of drug-likeness (QED) is 0.908. The topological polar surface area (TPSA) is 42.2 Å². The highest BCUT2D eigenvalue weighted by atomic mass is 35.5. The molecule has 2 heterocycles. The van der Waals surface area contributed by atoms with E-state index in [1.807, 2.05) is 11.8 Å². The van der Waals surface area contributed by atoms with Crippen molar-refractivity contribution >= 4 is 46.6 Å². The van der Waals surface area contributed by atoms with Crippen LogP contribution in [0.5, 0.6) is 0 Å². The van der Waals surface area contributed by atoms with Crippen LogP contribution in [0, 0.1) is 0 Å². The molecular formula is C11H15Cl2N3S. The van der Waals surface area contributed by atoms with Gasteiger partial charge in [-0.1, -0.05) is 30.1 Å². The van der Waals surface area contributed by atoms with E-state index in [0.29, 0.717) is 21.1 Å². The molecule has 1 aromatic heterocycles. The van der Waals surface area contributed by atoms with Crippen LogP contribution < -0.4 is 10.6 Å². The van der Waals surface area contributed by atoms with Crippen LogP contribution in [0.2, 0.25) is 10.0 Å². The van der Waals surface area contributed by atoms with Crippen molar-refractivity contribution in [2.45, 2.75) is 18.6 Å². The lowest BCUT2D eigenvalue weighted by Gasteiger charge is -2.33. The van der Waals surface area contributed by atoms with Crippen molar-refractivity contribution in [3.63, 3.8) is 0 Å². The summed E-state index contributed by atoms with van der Waals surface area (Å²) in [6, 6.07) is 1.67. The second-order valence-electron chi connectivity index (χ2n) is 4.01. The van der Waals surface area contributed by atoms with Gasteiger partial charge in [0.25, 0.3) is 0 Å². The summed E-state index contributed by atoms with van der Waals surface area (Å²) in [4.78, 5) is 6.49. The molecule has 17 heavy (non-hydrogen) atoms. The van der Waals surface area contributed by atoms with Crippen LogP contribution in [-0.2, 0) is 0 Å². The van der Waals surface area contributed by atoms with Crippen LogP contribution in [0.4, 0.5) is 11.6 Å². The Balaban J connectivity index is 2.24. The first-order chi connectivity index (χ1) is 8.11. The molecule has 0 spiro atoms. The van der Waals surface area contributed by atoms with Gasteiger partial charge in [0, 0.05) is 24.1 Å². The van der Waals surface area contributed by atoms with E-state index in [1.54, 1.807) is 6.07 Å². The van der Waals surface area contributed by atoms with Gasteiger partial charge in [0.15, 0.2) is 0 Å². The van der Waals surface area contributed by atoms with Crippen LogP contribution in [0.25, 0.3) is 0 Å². The maximum absolute atomic E-state index is 6.17. The number of hydrogen-bond acceptors (Lipinski definition) is 4. The molecule has 0 amide bonds. The zero-order valence-electron chi connectivity index (χ0n) is 9.62. The number of halogens is 2. The predicted octanol–water partition coefficient (Wildman–Crippen LogP) is 3.30. The summed E-state index contributed by atoms with van der Waals surface area (Å²) in [5.74, 6) is 2.20. The average molecular weight is 292 g/mol. The number of nitrogen functional groups attached to an aromatic ring is 1. The number of thioether (sulfide) groups is 1. The van der Waals surface area contributed by atoms with E-state index >= 15 is 0 Å². The second-order valence-corrected chi connectivity index (χ2v) is 6.23. The first-order valence-corrected chi connectivity index (χ1v) is 7.40. The van der Waals surface area contributed by atoms with Gasteiger partial charge in [0.05, 0.1) is 10.0 Å². The van der Waals surface area contributed by atoms with Crippen molar-refractivity contribution in [1.82, 2.24) is 4.98 Å². The molecule has 3 nitrogen and oxygen atoms in total. The minimum Gasteiger partial charge on any atom is -0.382 e. The van der Waals surface area contributed by atoms with Gasteiger partial charge in [-0.15, -0.1) is 0 Å². The van der Waals surface area contributed by atoms with E-state index in [9.17, 15) is 0 Å². The fraction of sp³-hybridized carbons (Fsp3) is 0.545. The van der Waals surface area contributed by atoms with Gasteiger partial charge in [-0.25, -0.2) is 4.98 Å². The van der Waals surface area contributed by atoms with Gasteiger partial charge >= 0.3 is 0 Å². The maximum Gasteiger partial charge on any atom is 0.150 e. The molecule has 1 aliphatic heterocycles. The number of nitrogens with zero attached hydrogens (tertiary/aromatic N) is 2. The molecule has 1 saturated heterocycles. The molecule has 0 aromatic carbocycles. The zero-order chi connectivity index (χ0) is 12.4. The number of hydrogen-bond donors (Lipinski definition) is 1. The summed E-state index contributed by atoms with van der Waals surface area (Å²) in [7, 11) is 0. The molecule has 2 N–H and O–H groups in total. The van der Waals surface area contributed by atoms with E-state index in [0.717, 1.165) is 31.1 Å². The predicted molar refractivity (Wildman–Crippen MR) is 77.4 cm³/mol. The molecule has 1 atom stereocenters. The van der Waals surface area contributed by atoms with Gasteiger partial charge in [-0.3, -0.25) is 0 Å². The summed E-state index contributed by atoms with van der Waals surface area (Å²) in [5.41, 5.74) is 5.73. The highest BCUT2D eigenvalue weighted by molar-refractivity contribution is 8.00. The molecule has 1 fully saturated rings. The third kappa shape index (κ3) is 2.92. The smallest absolute Gasteiger partial charge is 0.150 e. The Morgan fingerprint density at radius 3 is 3.00 bits per heavy atom. The van der Waals surface area contributed by atoms with E-state index in [1.165, 1.54) is 0 Å². The Morgan fingerprint density at radius 2 is 2.29 bits per heavy atom. The van der Waals surface area contributed by atoms with E-state index in [2.05, 4.69) is 16.8 Å². The molecule has 94 valence electrons. The molecule has 0 radical (unpaired) electrons. The molecule has 0 saturated carbocycles. The highest BCUT2D eigenvalue weighted by Crippen LogP contribution is 2.33. The minimum atomic E-state index is 0.345. The number of pyridine rings is 1. The van der Waals surface area contributed by atoms with Crippen molar-refractivity contribution in [2.75, 3.05) is 29.5 Å². The Hall–Kier alpha value is -0.320. The summed E-state index contributed by atoms with van der Waals surface area (Å²) in [5, 5.41) is 1.63. The van der Waals surface area contributed by atoms with E-state index in [4.69, 9.17) is 28.9 Å². The third-order valence-corrected chi connectivity index (χ3v) is 4.78. The fourth-order valence-corrected chi connectivity index (χ4v) is 3.51. The Morgan fingerprint density at radius 1 is 1.53 bits per heavy atom. The number of anilines is 2. The zero-order valence-corrected chi connectivity index (χ0v) is 11.9. The number of rotatable bonds is 2. The van der Waals surface area contributed by atoms with Crippen LogP contribution in [-0.4, -0.2) is 29.1 Å². The molecule has 0 bridgehead atoms. The van der Waals surface area contributed by atoms with Crippen molar-refractivity contribution in [1.29, 1.82) is 0 Å². The fourth-order valence-electron chi connectivity index (χ4n) is 1.85. The van der Waals surface area contributed by atoms with Gasteiger partial charge < -0.3 is 10.6 Å². The molecular weight excluding hydrogens is 277 g/mol. The standard InChI is InChI=1S/C11H15Cl2N3S/c1-2-7-6-16(3-4-17-7)11-9(13)5-8(12)10(14)15-11/h5,7H,2-4,6H2,1H3,(H2,14,15). The lowest BCUT2D eigenvalue weighted by Crippen LogP contribution is -2.38. The number of aromatic nitrogens is 1. The highest BCUT2D eigenvalue weighted by Gasteiger charge is 2.22. The molecule has 1 aromatic rings. The minimum absolute atomic E-state index is 0.345. The van der Waals surface area contributed by atoms with Crippen LogP contribution in [0.15, 0.2) is 6.07 Å². The normalized spacial score (nSPS) is 20.6. The Kier molecular flexibility index (Phi) is 4.28. The van der Waals surface area contributed by atoms with Crippen LogP contribution >= 0.6 is 35.0 Å². The summed E-state index contributed by atoms with van der Waals surface area (Å²) < 4.78 is 0.